The molecule has 1 aliphatic heterocycles. The maximum Gasteiger partial charge on any atom is 0.223 e. The van der Waals surface area contributed by atoms with Gasteiger partial charge in [-0.1, -0.05) is 12.1 Å². The van der Waals surface area contributed by atoms with Crippen molar-refractivity contribution in [1.82, 2.24) is 4.90 Å². The quantitative estimate of drug-likeness (QED) is 0.745. The largest absolute Gasteiger partial charge is 0.508 e. The van der Waals surface area contributed by atoms with Gasteiger partial charge in [0.15, 0.2) is 0 Å². The molecule has 0 saturated carbocycles. The number of rotatable bonds is 1. The highest BCUT2D eigenvalue weighted by Crippen LogP contribution is 2.31. The highest BCUT2D eigenvalue weighted by Gasteiger charge is 2.33. The van der Waals surface area contributed by atoms with E-state index < -0.39 is 6.10 Å². The van der Waals surface area contributed by atoms with Gasteiger partial charge in [-0.2, -0.15) is 0 Å². The maximum absolute atomic E-state index is 11.6. The minimum atomic E-state index is -0.565. The monoisotopic (exact) mass is 221 g/mol. The molecule has 1 fully saturated rings. The summed E-state index contributed by atoms with van der Waals surface area (Å²) in [5, 5.41) is 19.3. The van der Waals surface area contributed by atoms with Gasteiger partial charge >= 0.3 is 0 Å². The van der Waals surface area contributed by atoms with E-state index in [4.69, 9.17) is 0 Å². The molecule has 0 radical (unpaired) electrons. The van der Waals surface area contributed by atoms with E-state index in [1.54, 1.807) is 30.1 Å². The first-order valence-electron chi connectivity index (χ1n) is 5.32. The molecule has 0 aliphatic carbocycles. The Kier molecular flexibility index (Phi) is 2.83. The molecule has 1 aromatic rings. The Morgan fingerprint density at radius 3 is 2.88 bits per heavy atom. The van der Waals surface area contributed by atoms with E-state index in [1.807, 2.05) is 6.07 Å². The van der Waals surface area contributed by atoms with Crippen molar-refractivity contribution in [2.45, 2.75) is 25.0 Å². The van der Waals surface area contributed by atoms with Crippen LogP contribution >= 0.6 is 0 Å². The number of aliphatic hydroxyl groups is 1. The van der Waals surface area contributed by atoms with Gasteiger partial charge in [0.1, 0.15) is 5.75 Å². The highest BCUT2D eigenvalue weighted by molar-refractivity contribution is 5.77. The first kappa shape index (κ1) is 11.0. The zero-order chi connectivity index (χ0) is 11.7. The van der Waals surface area contributed by atoms with Crippen LogP contribution in [0.25, 0.3) is 0 Å². The summed E-state index contributed by atoms with van der Waals surface area (Å²) in [5.74, 6) is 0.176. The van der Waals surface area contributed by atoms with E-state index in [1.165, 1.54) is 0 Å². The van der Waals surface area contributed by atoms with Crippen LogP contribution in [0.15, 0.2) is 24.3 Å². The predicted molar refractivity (Wildman–Crippen MR) is 58.9 cm³/mol. The SMILES string of the molecule is CN1C(=O)CCC(O)C1c1cccc(O)c1. The molecule has 2 N–H and O–H groups in total. The zero-order valence-electron chi connectivity index (χ0n) is 9.13. The summed E-state index contributed by atoms with van der Waals surface area (Å²) in [6.45, 7) is 0. The predicted octanol–water partition coefficient (Wildman–Crippen LogP) is 1.05. The number of likely N-dealkylation sites (tertiary alicyclic amines) is 1. The third kappa shape index (κ3) is 1.88. The Labute approximate surface area is 94.1 Å². The van der Waals surface area contributed by atoms with Crippen LogP contribution in [0, 0.1) is 0 Å². The molecule has 2 atom stereocenters. The Hall–Kier alpha value is -1.55. The van der Waals surface area contributed by atoms with Gasteiger partial charge in [-0.25, -0.2) is 0 Å². The maximum atomic E-state index is 11.6. The molecule has 1 heterocycles. The Morgan fingerprint density at radius 2 is 2.19 bits per heavy atom. The number of hydrogen-bond donors (Lipinski definition) is 2. The number of carbonyl (C=O) groups excluding carboxylic acids is 1. The normalized spacial score (nSPS) is 25.9. The molecule has 1 saturated heterocycles. The van der Waals surface area contributed by atoms with Gasteiger partial charge in [0.05, 0.1) is 12.1 Å². The summed E-state index contributed by atoms with van der Waals surface area (Å²) < 4.78 is 0. The molecular weight excluding hydrogens is 206 g/mol. The minimum Gasteiger partial charge on any atom is -0.508 e. The molecule has 16 heavy (non-hydrogen) atoms. The van der Waals surface area contributed by atoms with E-state index in [0.717, 1.165) is 5.56 Å². The van der Waals surface area contributed by atoms with Crippen LogP contribution in [-0.2, 0) is 4.79 Å². The van der Waals surface area contributed by atoms with Crippen molar-refractivity contribution < 1.29 is 15.0 Å². The van der Waals surface area contributed by atoms with Crippen LogP contribution in [0.4, 0.5) is 0 Å². The second-order valence-corrected chi connectivity index (χ2v) is 4.15. The van der Waals surface area contributed by atoms with Gasteiger partial charge in [0.2, 0.25) is 5.91 Å². The molecular formula is C12H15NO3. The van der Waals surface area contributed by atoms with Crippen LogP contribution < -0.4 is 0 Å². The molecule has 0 spiro atoms. The molecule has 1 amide bonds. The van der Waals surface area contributed by atoms with Crippen LogP contribution in [0.5, 0.6) is 5.75 Å². The highest BCUT2D eigenvalue weighted by atomic mass is 16.3. The zero-order valence-corrected chi connectivity index (χ0v) is 9.13. The minimum absolute atomic E-state index is 0.0265. The van der Waals surface area contributed by atoms with Crippen molar-refractivity contribution in [3.05, 3.63) is 29.8 Å². The number of aliphatic hydroxyl groups excluding tert-OH is 1. The van der Waals surface area contributed by atoms with Crippen LogP contribution in [0.2, 0.25) is 0 Å². The molecule has 4 nitrogen and oxygen atoms in total. The summed E-state index contributed by atoms with van der Waals surface area (Å²) in [7, 11) is 1.68. The number of phenols is 1. The standard InChI is InChI=1S/C12H15NO3/c1-13-11(16)6-5-10(15)12(13)8-3-2-4-9(14)7-8/h2-4,7,10,12,14-15H,5-6H2,1H3. The van der Waals surface area contributed by atoms with Crippen LogP contribution in [-0.4, -0.2) is 34.2 Å². The van der Waals surface area contributed by atoms with Crippen LogP contribution in [0.1, 0.15) is 24.4 Å². The first-order chi connectivity index (χ1) is 7.59. The number of carbonyl (C=O) groups is 1. The number of aromatic hydroxyl groups is 1. The smallest absolute Gasteiger partial charge is 0.223 e. The second-order valence-electron chi connectivity index (χ2n) is 4.15. The van der Waals surface area contributed by atoms with E-state index in [0.29, 0.717) is 12.8 Å². The van der Waals surface area contributed by atoms with Crippen LogP contribution in [0.3, 0.4) is 0 Å². The topological polar surface area (TPSA) is 60.8 Å². The molecule has 2 unspecified atom stereocenters. The average molecular weight is 221 g/mol. The lowest BCUT2D eigenvalue weighted by Crippen LogP contribution is -2.42. The van der Waals surface area contributed by atoms with Crippen molar-refractivity contribution in [2.24, 2.45) is 0 Å². The lowest BCUT2D eigenvalue weighted by atomic mass is 9.92. The summed E-state index contributed by atoms with van der Waals surface area (Å²) in [5.41, 5.74) is 0.767. The van der Waals surface area contributed by atoms with Gasteiger partial charge in [-0.05, 0) is 24.1 Å². The molecule has 4 heteroatoms. The second kappa shape index (κ2) is 4.14. The fourth-order valence-corrected chi connectivity index (χ4v) is 2.17. The van der Waals surface area contributed by atoms with E-state index in [2.05, 4.69) is 0 Å². The van der Waals surface area contributed by atoms with E-state index in [-0.39, 0.29) is 17.7 Å². The molecule has 1 aromatic carbocycles. The van der Waals surface area contributed by atoms with Crippen molar-refractivity contribution in [3.8, 4) is 5.75 Å². The summed E-state index contributed by atoms with van der Waals surface area (Å²) in [6.07, 6.45) is 0.292. The number of nitrogens with zero attached hydrogens (tertiary/aromatic N) is 1. The van der Waals surface area contributed by atoms with Gasteiger partial charge < -0.3 is 15.1 Å². The fraction of sp³-hybridized carbons (Fsp3) is 0.417. The number of amides is 1. The number of benzene rings is 1. The third-order valence-electron chi connectivity index (χ3n) is 3.04. The lowest BCUT2D eigenvalue weighted by molar-refractivity contribution is -0.140. The Balaban J connectivity index is 2.33. The molecule has 86 valence electrons. The number of piperidine rings is 1. The molecule has 0 bridgehead atoms. The van der Waals surface area contributed by atoms with Crippen molar-refractivity contribution >= 4 is 5.91 Å². The Bertz CT molecular complexity index is 405. The van der Waals surface area contributed by atoms with Gasteiger partial charge in [0.25, 0.3) is 0 Å². The van der Waals surface area contributed by atoms with Gasteiger partial charge in [0, 0.05) is 13.5 Å². The summed E-state index contributed by atoms with van der Waals surface area (Å²) in [6, 6.07) is 6.32. The van der Waals surface area contributed by atoms with Crippen molar-refractivity contribution in [1.29, 1.82) is 0 Å². The first-order valence-corrected chi connectivity index (χ1v) is 5.32. The van der Waals surface area contributed by atoms with Crippen molar-refractivity contribution in [2.75, 3.05) is 7.05 Å². The Morgan fingerprint density at radius 1 is 1.44 bits per heavy atom. The van der Waals surface area contributed by atoms with E-state index in [9.17, 15) is 15.0 Å². The molecule has 0 aromatic heterocycles. The van der Waals surface area contributed by atoms with E-state index >= 15 is 0 Å². The molecule has 2 rings (SSSR count). The summed E-state index contributed by atoms with van der Waals surface area (Å²) >= 11 is 0. The third-order valence-corrected chi connectivity index (χ3v) is 3.04. The van der Waals surface area contributed by atoms with Gasteiger partial charge in [-0.3, -0.25) is 4.79 Å². The summed E-state index contributed by atoms with van der Waals surface area (Å²) in [4.78, 5) is 13.1. The average Bonchev–Trinajstić information content (AvgIpc) is 2.24. The fourth-order valence-electron chi connectivity index (χ4n) is 2.17. The lowest BCUT2D eigenvalue weighted by Gasteiger charge is -2.36. The van der Waals surface area contributed by atoms with Crippen molar-refractivity contribution in [3.63, 3.8) is 0 Å². The number of hydrogen-bond acceptors (Lipinski definition) is 3. The number of likely N-dealkylation sites (N-methyl/N-ethyl adjacent to an activating group) is 1. The molecule has 1 aliphatic rings. The van der Waals surface area contributed by atoms with Gasteiger partial charge in [-0.15, -0.1) is 0 Å². The number of phenolic OH excluding ortho intramolecular Hbond substituents is 1.